The Bertz CT molecular complexity index is 870. The zero-order valence-electron chi connectivity index (χ0n) is 17.3. The van der Waals surface area contributed by atoms with Crippen molar-refractivity contribution in [2.45, 2.75) is 18.3 Å². The number of hydrogen-bond donors (Lipinski definition) is 0. The predicted molar refractivity (Wildman–Crippen MR) is 122 cm³/mol. The molecule has 0 N–H and O–H groups in total. The average molecular weight is 425 g/mol. The van der Waals surface area contributed by atoms with E-state index in [4.69, 9.17) is 16.3 Å². The highest BCUT2D eigenvalue weighted by molar-refractivity contribution is 6.30. The molecular weight excluding hydrogens is 396 g/mol. The molecular formula is C25H29ClN2O2. The number of hydrogen-bond acceptors (Lipinski definition) is 3. The summed E-state index contributed by atoms with van der Waals surface area (Å²) in [6, 6.07) is 18.2. The number of rotatable bonds is 5. The Morgan fingerprint density at radius 2 is 1.73 bits per heavy atom. The van der Waals surface area contributed by atoms with Crippen LogP contribution in [0.15, 0.2) is 60.7 Å². The molecule has 0 saturated carbocycles. The number of halogens is 1. The van der Waals surface area contributed by atoms with Crippen LogP contribution in [-0.4, -0.2) is 61.6 Å². The highest BCUT2D eigenvalue weighted by atomic mass is 35.5. The van der Waals surface area contributed by atoms with Gasteiger partial charge >= 0.3 is 0 Å². The van der Waals surface area contributed by atoms with E-state index in [2.05, 4.69) is 41.3 Å². The molecule has 0 aromatic heterocycles. The Kier molecular flexibility index (Phi) is 6.88. The van der Waals surface area contributed by atoms with Crippen molar-refractivity contribution < 1.29 is 9.53 Å². The van der Waals surface area contributed by atoms with Crippen molar-refractivity contribution in [1.82, 2.24) is 9.80 Å². The fourth-order valence-corrected chi connectivity index (χ4v) is 4.66. The lowest BCUT2D eigenvalue weighted by Crippen LogP contribution is -2.56. The van der Waals surface area contributed by atoms with E-state index in [1.54, 1.807) is 0 Å². The van der Waals surface area contributed by atoms with E-state index in [0.29, 0.717) is 31.1 Å². The van der Waals surface area contributed by atoms with Crippen LogP contribution in [0.5, 0.6) is 0 Å². The Labute approximate surface area is 184 Å². The minimum absolute atomic E-state index is 0.229. The lowest BCUT2D eigenvalue weighted by molar-refractivity contribution is -0.143. The lowest BCUT2D eigenvalue weighted by atomic mass is 9.73. The number of nitrogens with zero attached hydrogens (tertiary/aromatic N) is 2. The van der Waals surface area contributed by atoms with Crippen LogP contribution in [0, 0.1) is 0 Å². The summed E-state index contributed by atoms with van der Waals surface area (Å²) in [6.45, 7) is 5.46. The topological polar surface area (TPSA) is 32.8 Å². The van der Waals surface area contributed by atoms with Gasteiger partial charge in [-0.2, -0.15) is 0 Å². The minimum Gasteiger partial charge on any atom is -0.381 e. The van der Waals surface area contributed by atoms with Gasteiger partial charge in [-0.05, 0) is 36.1 Å². The molecule has 2 saturated heterocycles. The van der Waals surface area contributed by atoms with E-state index in [9.17, 15) is 4.79 Å². The Balaban J connectivity index is 1.39. The molecule has 2 aliphatic rings. The molecule has 30 heavy (non-hydrogen) atoms. The standard InChI is InChI=1S/C25H29ClN2O2/c26-23-10-4-9-22(20-23)25(11-18-30-19-12-25)24(29)28-16-14-27(15-17-28)13-5-8-21-6-2-1-3-7-21/h1-10,20H,11-19H2. The van der Waals surface area contributed by atoms with Gasteiger partial charge in [0.1, 0.15) is 0 Å². The Hall–Kier alpha value is -2.14. The summed E-state index contributed by atoms with van der Waals surface area (Å²) in [5.74, 6) is 0.229. The third kappa shape index (κ3) is 4.77. The molecule has 4 nitrogen and oxygen atoms in total. The molecule has 5 heteroatoms. The van der Waals surface area contributed by atoms with Crippen molar-refractivity contribution in [2.24, 2.45) is 0 Å². The van der Waals surface area contributed by atoms with Gasteiger partial charge in [0.25, 0.3) is 0 Å². The number of piperazine rings is 1. The van der Waals surface area contributed by atoms with Crippen molar-refractivity contribution in [3.05, 3.63) is 76.8 Å². The van der Waals surface area contributed by atoms with Crippen molar-refractivity contribution in [3.8, 4) is 0 Å². The van der Waals surface area contributed by atoms with Gasteiger partial charge in [0.2, 0.25) is 5.91 Å². The van der Waals surface area contributed by atoms with Crippen molar-refractivity contribution in [1.29, 1.82) is 0 Å². The van der Waals surface area contributed by atoms with Crippen LogP contribution in [0.2, 0.25) is 5.02 Å². The van der Waals surface area contributed by atoms with E-state index in [-0.39, 0.29) is 5.91 Å². The lowest BCUT2D eigenvalue weighted by Gasteiger charge is -2.43. The molecule has 0 bridgehead atoms. The molecule has 0 atom stereocenters. The first-order valence-corrected chi connectivity index (χ1v) is 11.1. The molecule has 0 radical (unpaired) electrons. The Morgan fingerprint density at radius 1 is 1.00 bits per heavy atom. The van der Waals surface area contributed by atoms with Gasteiger partial charge in [-0.15, -0.1) is 0 Å². The largest absolute Gasteiger partial charge is 0.381 e. The van der Waals surface area contributed by atoms with Gasteiger partial charge in [-0.1, -0.05) is 66.2 Å². The molecule has 4 rings (SSSR count). The number of amides is 1. The van der Waals surface area contributed by atoms with Crippen LogP contribution in [0.1, 0.15) is 24.0 Å². The monoisotopic (exact) mass is 424 g/mol. The fourth-order valence-electron chi connectivity index (χ4n) is 4.47. The normalized spacial score (nSPS) is 19.8. The summed E-state index contributed by atoms with van der Waals surface area (Å²) in [6.07, 6.45) is 5.80. The van der Waals surface area contributed by atoms with Crippen molar-refractivity contribution in [3.63, 3.8) is 0 Å². The summed E-state index contributed by atoms with van der Waals surface area (Å²) < 4.78 is 5.59. The summed E-state index contributed by atoms with van der Waals surface area (Å²) in [5.41, 5.74) is 1.73. The first kappa shape index (κ1) is 21.1. The predicted octanol–water partition coefficient (Wildman–Crippen LogP) is 4.25. The van der Waals surface area contributed by atoms with Gasteiger partial charge in [0.15, 0.2) is 0 Å². The SMILES string of the molecule is O=C(N1CCN(CC=Cc2ccccc2)CC1)C1(c2cccc(Cl)c2)CCOCC1. The van der Waals surface area contributed by atoms with Crippen LogP contribution in [0.25, 0.3) is 6.08 Å². The van der Waals surface area contributed by atoms with Crippen LogP contribution in [-0.2, 0) is 14.9 Å². The third-order valence-electron chi connectivity index (χ3n) is 6.27. The van der Waals surface area contributed by atoms with Gasteiger partial charge in [0.05, 0.1) is 5.41 Å². The zero-order valence-corrected chi connectivity index (χ0v) is 18.1. The molecule has 2 aromatic carbocycles. The third-order valence-corrected chi connectivity index (χ3v) is 6.50. The van der Waals surface area contributed by atoms with E-state index in [1.807, 2.05) is 35.2 Å². The van der Waals surface area contributed by atoms with Gasteiger partial charge < -0.3 is 9.64 Å². The number of ether oxygens (including phenoxy) is 1. The molecule has 2 fully saturated rings. The van der Waals surface area contributed by atoms with Gasteiger partial charge in [0, 0.05) is 51.0 Å². The number of benzene rings is 2. The second-order valence-corrected chi connectivity index (χ2v) is 8.55. The quantitative estimate of drug-likeness (QED) is 0.719. The minimum atomic E-state index is -0.515. The smallest absolute Gasteiger partial charge is 0.233 e. The zero-order chi connectivity index (χ0) is 20.8. The summed E-state index contributed by atoms with van der Waals surface area (Å²) >= 11 is 6.26. The van der Waals surface area contributed by atoms with Crippen LogP contribution in [0.4, 0.5) is 0 Å². The van der Waals surface area contributed by atoms with Crippen LogP contribution < -0.4 is 0 Å². The summed E-state index contributed by atoms with van der Waals surface area (Å²) in [5, 5.41) is 0.682. The molecule has 0 aliphatic carbocycles. The van der Waals surface area contributed by atoms with E-state index in [0.717, 1.165) is 38.3 Å². The second-order valence-electron chi connectivity index (χ2n) is 8.11. The van der Waals surface area contributed by atoms with Gasteiger partial charge in [-0.25, -0.2) is 0 Å². The average Bonchev–Trinajstić information content (AvgIpc) is 2.80. The molecule has 0 spiro atoms. The second kappa shape index (κ2) is 9.78. The number of carbonyl (C=O) groups is 1. The molecule has 2 aromatic rings. The molecule has 1 amide bonds. The highest BCUT2D eigenvalue weighted by Gasteiger charge is 2.44. The van der Waals surface area contributed by atoms with Crippen LogP contribution >= 0.6 is 11.6 Å². The maximum Gasteiger partial charge on any atom is 0.233 e. The van der Waals surface area contributed by atoms with Gasteiger partial charge in [-0.3, -0.25) is 9.69 Å². The van der Waals surface area contributed by atoms with Crippen molar-refractivity contribution >= 4 is 23.6 Å². The fraction of sp³-hybridized carbons (Fsp3) is 0.400. The number of carbonyl (C=O) groups excluding carboxylic acids is 1. The van der Waals surface area contributed by atoms with E-state index in [1.165, 1.54) is 5.56 Å². The van der Waals surface area contributed by atoms with E-state index >= 15 is 0 Å². The maximum atomic E-state index is 13.7. The maximum absolute atomic E-state index is 13.7. The first-order chi connectivity index (χ1) is 14.7. The highest BCUT2D eigenvalue weighted by Crippen LogP contribution is 2.38. The molecule has 158 valence electrons. The summed E-state index contributed by atoms with van der Waals surface area (Å²) in [7, 11) is 0. The Morgan fingerprint density at radius 3 is 2.43 bits per heavy atom. The first-order valence-electron chi connectivity index (χ1n) is 10.7. The molecule has 0 unspecified atom stereocenters. The summed E-state index contributed by atoms with van der Waals surface area (Å²) in [4.78, 5) is 18.1. The molecule has 2 aliphatic heterocycles. The van der Waals surface area contributed by atoms with E-state index < -0.39 is 5.41 Å². The van der Waals surface area contributed by atoms with Crippen LogP contribution in [0.3, 0.4) is 0 Å². The molecule has 2 heterocycles. The van der Waals surface area contributed by atoms with Crippen molar-refractivity contribution in [2.75, 3.05) is 45.9 Å².